The second kappa shape index (κ2) is 8.46. The summed E-state index contributed by atoms with van der Waals surface area (Å²) in [6, 6.07) is 4.77. The first kappa shape index (κ1) is 16.3. The summed E-state index contributed by atoms with van der Waals surface area (Å²) in [6.07, 6.45) is 5.64. The number of aromatic carboxylic acids is 1. The molecular formula is C16H24O4. The van der Waals surface area contributed by atoms with Crippen LogP contribution in [-0.4, -0.2) is 24.3 Å². The van der Waals surface area contributed by atoms with Crippen LogP contribution < -0.4 is 9.47 Å². The van der Waals surface area contributed by atoms with Crippen LogP contribution >= 0.6 is 0 Å². The van der Waals surface area contributed by atoms with Crippen LogP contribution in [-0.2, 0) is 0 Å². The molecule has 0 fully saturated rings. The van der Waals surface area contributed by atoms with Crippen molar-refractivity contribution in [1.82, 2.24) is 0 Å². The Balaban J connectivity index is 2.66. The van der Waals surface area contributed by atoms with Gasteiger partial charge in [-0.1, -0.05) is 26.2 Å². The van der Waals surface area contributed by atoms with E-state index in [1.165, 1.54) is 25.3 Å². The number of ether oxygens (including phenoxy) is 2. The Morgan fingerprint density at radius 2 is 2.05 bits per heavy atom. The molecule has 4 heteroatoms. The predicted molar refractivity (Wildman–Crippen MR) is 78.8 cm³/mol. The highest BCUT2D eigenvalue weighted by molar-refractivity contribution is 5.91. The summed E-state index contributed by atoms with van der Waals surface area (Å²) >= 11 is 0. The van der Waals surface area contributed by atoms with E-state index in [0.717, 1.165) is 12.8 Å². The smallest absolute Gasteiger partial charge is 0.339 e. The van der Waals surface area contributed by atoms with Crippen LogP contribution in [0.2, 0.25) is 0 Å². The van der Waals surface area contributed by atoms with E-state index in [4.69, 9.17) is 14.6 Å². The number of rotatable bonds is 9. The maximum Gasteiger partial charge on any atom is 0.339 e. The number of carboxylic acid groups (broad SMARTS) is 1. The standard InChI is InChI=1S/C16H24O4/c1-4-5-6-7-8-12(2)20-15-11-13(19-3)9-10-14(15)16(17)18/h9-12H,4-8H2,1-3H3,(H,17,18)/t12-/m0/s1. The molecule has 1 aromatic carbocycles. The lowest BCUT2D eigenvalue weighted by Crippen LogP contribution is -2.14. The average molecular weight is 280 g/mol. The lowest BCUT2D eigenvalue weighted by atomic mass is 10.1. The molecule has 1 rings (SSSR count). The Hall–Kier alpha value is -1.71. The third-order valence-electron chi connectivity index (χ3n) is 3.21. The number of carboxylic acids is 1. The van der Waals surface area contributed by atoms with Crippen LogP contribution in [0, 0.1) is 0 Å². The molecule has 0 aliphatic rings. The first-order valence-electron chi connectivity index (χ1n) is 7.16. The SMILES string of the molecule is CCCCCC[C@H](C)Oc1cc(OC)ccc1C(=O)O. The molecule has 4 nitrogen and oxygen atoms in total. The minimum absolute atomic E-state index is 0.00272. The molecule has 0 saturated heterocycles. The highest BCUT2D eigenvalue weighted by Gasteiger charge is 2.15. The molecule has 0 heterocycles. The highest BCUT2D eigenvalue weighted by Crippen LogP contribution is 2.26. The molecule has 0 aliphatic carbocycles. The predicted octanol–water partition coefficient (Wildman–Crippen LogP) is 4.13. The monoisotopic (exact) mass is 280 g/mol. The Kier molecular flexibility index (Phi) is 6.91. The van der Waals surface area contributed by atoms with Gasteiger partial charge in [-0.2, -0.15) is 0 Å². The summed E-state index contributed by atoms with van der Waals surface area (Å²) in [4.78, 5) is 11.2. The zero-order chi connectivity index (χ0) is 15.0. The van der Waals surface area contributed by atoms with Gasteiger partial charge in [0.2, 0.25) is 0 Å². The second-order valence-corrected chi connectivity index (χ2v) is 4.95. The van der Waals surface area contributed by atoms with Crippen LogP contribution in [0.3, 0.4) is 0 Å². The summed E-state index contributed by atoms with van der Waals surface area (Å²) in [5.74, 6) is -0.0103. The molecule has 0 amide bonds. The molecule has 0 saturated carbocycles. The molecule has 0 spiro atoms. The largest absolute Gasteiger partial charge is 0.497 e. The van der Waals surface area contributed by atoms with Crippen LogP contribution in [0.15, 0.2) is 18.2 Å². The summed E-state index contributed by atoms with van der Waals surface area (Å²) in [5.41, 5.74) is 0.172. The van der Waals surface area contributed by atoms with Gasteiger partial charge in [0.25, 0.3) is 0 Å². The van der Waals surface area contributed by atoms with Gasteiger partial charge in [0.1, 0.15) is 17.1 Å². The summed E-state index contributed by atoms with van der Waals surface area (Å²) < 4.78 is 10.9. The molecule has 0 radical (unpaired) electrons. The van der Waals surface area contributed by atoms with Crippen molar-refractivity contribution < 1.29 is 19.4 Å². The summed E-state index contributed by atoms with van der Waals surface area (Å²) in [5, 5.41) is 9.17. The number of hydrogen-bond donors (Lipinski definition) is 1. The van der Waals surface area contributed by atoms with Gasteiger partial charge >= 0.3 is 5.97 Å². The van der Waals surface area contributed by atoms with Crippen molar-refractivity contribution in [2.45, 2.75) is 52.1 Å². The Morgan fingerprint density at radius 3 is 2.65 bits per heavy atom. The molecule has 1 aromatic rings. The van der Waals surface area contributed by atoms with Crippen molar-refractivity contribution in [3.05, 3.63) is 23.8 Å². The zero-order valence-corrected chi connectivity index (χ0v) is 12.5. The van der Waals surface area contributed by atoms with E-state index in [9.17, 15) is 4.79 Å². The lowest BCUT2D eigenvalue weighted by Gasteiger charge is -2.17. The van der Waals surface area contributed by atoms with Gasteiger partial charge in [-0.25, -0.2) is 4.79 Å². The van der Waals surface area contributed by atoms with E-state index in [0.29, 0.717) is 11.5 Å². The fourth-order valence-electron chi connectivity index (χ4n) is 2.04. The van der Waals surface area contributed by atoms with Crippen LogP contribution in [0.1, 0.15) is 56.3 Å². The van der Waals surface area contributed by atoms with E-state index in [2.05, 4.69) is 6.92 Å². The number of unbranched alkanes of at least 4 members (excludes halogenated alkanes) is 3. The van der Waals surface area contributed by atoms with Crippen molar-refractivity contribution in [2.75, 3.05) is 7.11 Å². The van der Waals surface area contributed by atoms with Gasteiger partial charge in [-0.15, -0.1) is 0 Å². The van der Waals surface area contributed by atoms with Crippen molar-refractivity contribution in [3.63, 3.8) is 0 Å². The van der Waals surface area contributed by atoms with E-state index in [-0.39, 0.29) is 11.7 Å². The maximum absolute atomic E-state index is 11.2. The van der Waals surface area contributed by atoms with E-state index >= 15 is 0 Å². The fraction of sp³-hybridized carbons (Fsp3) is 0.562. The van der Waals surface area contributed by atoms with Crippen molar-refractivity contribution in [2.24, 2.45) is 0 Å². The van der Waals surface area contributed by atoms with E-state index in [1.54, 1.807) is 19.2 Å². The van der Waals surface area contributed by atoms with Gasteiger partial charge in [0.15, 0.2) is 0 Å². The van der Waals surface area contributed by atoms with Crippen LogP contribution in [0.25, 0.3) is 0 Å². The van der Waals surface area contributed by atoms with Gasteiger partial charge in [0, 0.05) is 6.07 Å². The molecule has 0 aromatic heterocycles. The normalized spacial score (nSPS) is 11.9. The molecule has 112 valence electrons. The number of benzene rings is 1. The minimum Gasteiger partial charge on any atom is -0.497 e. The maximum atomic E-state index is 11.2. The second-order valence-electron chi connectivity index (χ2n) is 4.95. The van der Waals surface area contributed by atoms with Crippen molar-refractivity contribution >= 4 is 5.97 Å². The van der Waals surface area contributed by atoms with Crippen LogP contribution in [0.4, 0.5) is 0 Å². The average Bonchev–Trinajstić information content (AvgIpc) is 2.43. The van der Waals surface area contributed by atoms with Gasteiger partial charge in [0.05, 0.1) is 13.2 Å². The first-order chi connectivity index (χ1) is 9.58. The van der Waals surface area contributed by atoms with Gasteiger partial charge in [-0.3, -0.25) is 0 Å². The summed E-state index contributed by atoms with van der Waals surface area (Å²) in [6.45, 7) is 4.15. The molecular weight excluding hydrogens is 256 g/mol. The van der Waals surface area contributed by atoms with Crippen LogP contribution in [0.5, 0.6) is 11.5 Å². The van der Waals surface area contributed by atoms with Crippen molar-refractivity contribution in [3.8, 4) is 11.5 Å². The molecule has 0 aliphatic heterocycles. The van der Waals surface area contributed by atoms with E-state index in [1.807, 2.05) is 6.92 Å². The molecule has 0 unspecified atom stereocenters. The Morgan fingerprint density at radius 1 is 1.30 bits per heavy atom. The number of hydrogen-bond acceptors (Lipinski definition) is 3. The van der Waals surface area contributed by atoms with Gasteiger partial charge < -0.3 is 14.6 Å². The Labute approximate surface area is 120 Å². The number of carbonyl (C=O) groups is 1. The first-order valence-corrected chi connectivity index (χ1v) is 7.16. The lowest BCUT2D eigenvalue weighted by molar-refractivity contribution is 0.0689. The Bertz CT molecular complexity index is 428. The molecule has 20 heavy (non-hydrogen) atoms. The molecule has 1 N–H and O–H groups in total. The van der Waals surface area contributed by atoms with Gasteiger partial charge in [-0.05, 0) is 31.9 Å². The van der Waals surface area contributed by atoms with Crippen molar-refractivity contribution in [1.29, 1.82) is 0 Å². The topological polar surface area (TPSA) is 55.8 Å². The quantitative estimate of drug-likeness (QED) is 0.691. The third-order valence-corrected chi connectivity index (χ3v) is 3.21. The number of methoxy groups -OCH3 is 1. The third kappa shape index (κ3) is 5.11. The summed E-state index contributed by atoms with van der Waals surface area (Å²) in [7, 11) is 1.55. The van der Waals surface area contributed by atoms with E-state index < -0.39 is 5.97 Å². The minimum atomic E-state index is -0.985. The zero-order valence-electron chi connectivity index (χ0n) is 12.5. The fourth-order valence-corrected chi connectivity index (χ4v) is 2.04. The highest BCUT2D eigenvalue weighted by atomic mass is 16.5. The molecule has 0 bridgehead atoms. The molecule has 1 atom stereocenters.